The van der Waals surface area contributed by atoms with Gasteiger partial charge in [-0.2, -0.15) is 12.6 Å². The first-order valence-electron chi connectivity index (χ1n) is 7.35. The largest absolute Gasteiger partial charge is 0.445 e. The first-order valence-corrected chi connectivity index (χ1v) is 7.98. The average molecular weight is 340 g/mol. The van der Waals surface area contributed by atoms with Crippen molar-refractivity contribution in [1.82, 2.24) is 10.6 Å². The van der Waals surface area contributed by atoms with Gasteiger partial charge in [0.05, 0.1) is 6.04 Å². The van der Waals surface area contributed by atoms with Crippen molar-refractivity contribution in [3.8, 4) is 0 Å². The number of thiol groups is 1. The summed E-state index contributed by atoms with van der Waals surface area (Å²) >= 11 is 4.15. The second kappa shape index (κ2) is 9.29. The third-order valence-corrected chi connectivity index (χ3v) is 3.09. The minimum atomic E-state index is -0.576. The fourth-order valence-electron chi connectivity index (χ4n) is 1.62. The number of nitrogens with one attached hydrogen (secondary N) is 2. The number of alkyl carbamates (subject to hydrolysis) is 2. The Kier molecular flexibility index (Phi) is 7.74. The van der Waals surface area contributed by atoms with E-state index in [1.807, 2.05) is 30.3 Å². The second-order valence-electron chi connectivity index (χ2n) is 5.97. The lowest BCUT2D eigenvalue weighted by Crippen LogP contribution is -2.46. The molecule has 0 bridgehead atoms. The number of ether oxygens (including phenoxy) is 2. The Labute approximate surface area is 142 Å². The van der Waals surface area contributed by atoms with Gasteiger partial charge in [-0.3, -0.25) is 0 Å². The van der Waals surface area contributed by atoms with Crippen LogP contribution in [0.2, 0.25) is 0 Å². The van der Waals surface area contributed by atoms with Gasteiger partial charge in [0.2, 0.25) is 0 Å². The van der Waals surface area contributed by atoms with Crippen molar-refractivity contribution in [3.63, 3.8) is 0 Å². The van der Waals surface area contributed by atoms with E-state index in [2.05, 4.69) is 23.3 Å². The van der Waals surface area contributed by atoms with Crippen molar-refractivity contribution in [1.29, 1.82) is 0 Å². The van der Waals surface area contributed by atoms with E-state index in [9.17, 15) is 9.59 Å². The van der Waals surface area contributed by atoms with Crippen LogP contribution < -0.4 is 10.6 Å². The van der Waals surface area contributed by atoms with Gasteiger partial charge in [0, 0.05) is 12.3 Å². The van der Waals surface area contributed by atoms with E-state index in [1.165, 1.54) is 0 Å². The highest BCUT2D eigenvalue weighted by atomic mass is 32.1. The molecule has 0 aliphatic rings. The molecule has 1 aromatic carbocycles. The van der Waals surface area contributed by atoms with E-state index in [0.29, 0.717) is 5.75 Å². The molecule has 0 aromatic heterocycles. The number of amides is 2. The molecule has 6 nitrogen and oxygen atoms in total. The van der Waals surface area contributed by atoms with Crippen molar-refractivity contribution in [3.05, 3.63) is 35.9 Å². The minimum absolute atomic E-state index is 0.192. The quantitative estimate of drug-likeness (QED) is 0.696. The maximum absolute atomic E-state index is 11.7. The molecule has 2 N–H and O–H groups in total. The van der Waals surface area contributed by atoms with E-state index in [4.69, 9.17) is 9.47 Å². The predicted octanol–water partition coefficient (Wildman–Crippen LogP) is 2.74. The Hall–Kier alpha value is -1.89. The maximum Gasteiger partial charge on any atom is 0.407 e. The summed E-state index contributed by atoms with van der Waals surface area (Å²) in [5.41, 5.74) is 0.327. The Morgan fingerprint density at radius 3 is 2.39 bits per heavy atom. The van der Waals surface area contributed by atoms with Crippen LogP contribution in [0.3, 0.4) is 0 Å². The van der Waals surface area contributed by atoms with E-state index in [-0.39, 0.29) is 19.2 Å². The second-order valence-corrected chi connectivity index (χ2v) is 6.33. The van der Waals surface area contributed by atoms with Gasteiger partial charge in [-0.05, 0) is 26.3 Å². The fourth-order valence-corrected chi connectivity index (χ4v) is 1.84. The molecule has 7 heteroatoms. The van der Waals surface area contributed by atoms with E-state index >= 15 is 0 Å². The third-order valence-electron chi connectivity index (χ3n) is 2.65. The molecule has 1 aromatic rings. The van der Waals surface area contributed by atoms with E-state index < -0.39 is 17.8 Å². The molecule has 23 heavy (non-hydrogen) atoms. The molecule has 0 saturated carbocycles. The number of carbonyl (C=O) groups is 2. The smallest absolute Gasteiger partial charge is 0.407 e. The van der Waals surface area contributed by atoms with Crippen LogP contribution in [-0.2, 0) is 16.1 Å². The molecule has 0 spiro atoms. The van der Waals surface area contributed by atoms with Gasteiger partial charge in [0.15, 0.2) is 0 Å². The standard InChI is InChI=1S/C16H24N2O4S/c1-16(2,3)22-15(20)18-13(11-23)9-17-14(19)21-10-12-7-5-4-6-8-12/h4-8,13,23H,9-11H2,1-3H3,(H,17,19)(H,18,20)/t13-/m1/s1. The lowest BCUT2D eigenvalue weighted by molar-refractivity contribution is 0.0507. The van der Waals surface area contributed by atoms with Crippen LogP contribution in [0.5, 0.6) is 0 Å². The summed E-state index contributed by atoms with van der Waals surface area (Å²) in [6.07, 6.45) is -1.09. The highest BCUT2D eigenvalue weighted by molar-refractivity contribution is 7.80. The lowest BCUT2D eigenvalue weighted by atomic mass is 10.2. The Morgan fingerprint density at radius 1 is 1.17 bits per heavy atom. The monoisotopic (exact) mass is 340 g/mol. The van der Waals surface area contributed by atoms with Gasteiger partial charge in [-0.25, -0.2) is 9.59 Å². The molecular formula is C16H24N2O4S. The number of benzene rings is 1. The molecule has 2 amide bonds. The molecule has 0 fully saturated rings. The zero-order valence-corrected chi connectivity index (χ0v) is 14.6. The summed E-state index contributed by atoms with van der Waals surface area (Å²) in [6.45, 7) is 5.73. The van der Waals surface area contributed by atoms with Crippen LogP contribution in [0.4, 0.5) is 9.59 Å². The zero-order chi connectivity index (χ0) is 17.3. The van der Waals surface area contributed by atoms with Crippen LogP contribution in [0.15, 0.2) is 30.3 Å². The fraction of sp³-hybridized carbons (Fsp3) is 0.500. The van der Waals surface area contributed by atoms with Crippen molar-refractivity contribution in [2.45, 2.75) is 39.0 Å². The summed E-state index contributed by atoms with van der Waals surface area (Å²) in [4.78, 5) is 23.3. The van der Waals surface area contributed by atoms with E-state index in [0.717, 1.165) is 5.56 Å². The van der Waals surface area contributed by atoms with Gasteiger partial charge in [-0.15, -0.1) is 0 Å². The first-order chi connectivity index (χ1) is 10.8. The minimum Gasteiger partial charge on any atom is -0.445 e. The maximum atomic E-state index is 11.7. The molecule has 0 radical (unpaired) electrons. The highest BCUT2D eigenvalue weighted by Gasteiger charge is 2.19. The normalized spacial score (nSPS) is 12.2. The molecular weight excluding hydrogens is 316 g/mol. The summed E-state index contributed by atoms with van der Waals surface area (Å²) in [5, 5.41) is 5.24. The van der Waals surface area contributed by atoms with Crippen LogP contribution in [0, 0.1) is 0 Å². The van der Waals surface area contributed by atoms with Crippen molar-refractivity contribution in [2.75, 3.05) is 12.3 Å². The molecule has 1 atom stereocenters. The van der Waals surface area contributed by atoms with E-state index in [1.54, 1.807) is 20.8 Å². The lowest BCUT2D eigenvalue weighted by Gasteiger charge is -2.23. The van der Waals surface area contributed by atoms with Crippen LogP contribution in [0.25, 0.3) is 0 Å². The van der Waals surface area contributed by atoms with Crippen LogP contribution in [0.1, 0.15) is 26.3 Å². The molecule has 1 rings (SSSR count). The molecule has 0 heterocycles. The molecule has 0 aliphatic heterocycles. The zero-order valence-electron chi connectivity index (χ0n) is 13.7. The molecule has 128 valence electrons. The highest BCUT2D eigenvalue weighted by Crippen LogP contribution is 2.07. The SMILES string of the molecule is CC(C)(C)OC(=O)N[C@@H](CS)CNC(=O)OCc1ccccc1. The average Bonchev–Trinajstić information content (AvgIpc) is 2.48. The summed E-state index contributed by atoms with van der Waals surface area (Å²) in [6, 6.07) is 9.03. The van der Waals surface area contributed by atoms with Gasteiger partial charge in [-0.1, -0.05) is 30.3 Å². The number of hydrogen-bond donors (Lipinski definition) is 3. The van der Waals surface area contributed by atoms with Gasteiger partial charge in [0.1, 0.15) is 12.2 Å². The van der Waals surface area contributed by atoms with Gasteiger partial charge < -0.3 is 20.1 Å². The summed E-state index contributed by atoms with van der Waals surface area (Å²) in [5.74, 6) is 0.359. The van der Waals surface area contributed by atoms with Crippen molar-refractivity contribution < 1.29 is 19.1 Å². The van der Waals surface area contributed by atoms with Crippen molar-refractivity contribution in [2.24, 2.45) is 0 Å². The van der Waals surface area contributed by atoms with Gasteiger partial charge in [0.25, 0.3) is 0 Å². The summed E-state index contributed by atoms with van der Waals surface area (Å²) in [7, 11) is 0. The number of rotatable bonds is 6. The van der Waals surface area contributed by atoms with Crippen LogP contribution >= 0.6 is 12.6 Å². The predicted molar refractivity (Wildman–Crippen MR) is 91.6 cm³/mol. The number of carbonyl (C=O) groups excluding carboxylic acids is 2. The number of hydrogen-bond acceptors (Lipinski definition) is 5. The summed E-state index contributed by atoms with van der Waals surface area (Å²) < 4.78 is 10.2. The topological polar surface area (TPSA) is 76.7 Å². The Morgan fingerprint density at radius 2 is 1.83 bits per heavy atom. The van der Waals surface area contributed by atoms with Crippen LogP contribution in [-0.4, -0.2) is 36.1 Å². The molecule has 0 saturated heterocycles. The molecule has 0 aliphatic carbocycles. The Bertz CT molecular complexity index is 503. The van der Waals surface area contributed by atoms with Crippen molar-refractivity contribution >= 4 is 24.8 Å². The third kappa shape index (κ3) is 8.97. The first kappa shape index (κ1) is 19.2. The molecule has 0 unspecified atom stereocenters. The van der Waals surface area contributed by atoms with Gasteiger partial charge >= 0.3 is 12.2 Å². The Balaban J connectivity index is 2.30.